The van der Waals surface area contributed by atoms with Gasteiger partial charge in [-0.25, -0.2) is 26.4 Å². The lowest BCUT2D eigenvalue weighted by molar-refractivity contribution is 0.0600. The van der Waals surface area contributed by atoms with Gasteiger partial charge >= 0.3 is 5.97 Å². The van der Waals surface area contributed by atoms with Gasteiger partial charge in [0.05, 0.1) is 22.5 Å². The zero-order chi connectivity index (χ0) is 19.5. The zero-order valence-corrected chi connectivity index (χ0v) is 15.9. The van der Waals surface area contributed by atoms with E-state index in [-0.39, 0.29) is 21.0 Å². The van der Waals surface area contributed by atoms with Crippen molar-refractivity contribution in [3.8, 4) is 0 Å². The second kappa shape index (κ2) is 7.44. The summed E-state index contributed by atoms with van der Waals surface area (Å²) in [6, 6.07) is 9.43. The van der Waals surface area contributed by atoms with Crippen LogP contribution in [0.1, 0.15) is 15.9 Å². The van der Waals surface area contributed by atoms with Gasteiger partial charge in [-0.05, 0) is 55.9 Å². The Kier molecular flexibility index (Phi) is 5.69. The molecule has 0 heterocycles. The molecule has 0 aliphatic rings. The van der Waals surface area contributed by atoms with E-state index < -0.39 is 26.0 Å². The van der Waals surface area contributed by atoms with Gasteiger partial charge in [0.15, 0.2) is 0 Å². The van der Waals surface area contributed by atoms with Crippen LogP contribution >= 0.6 is 0 Å². The highest BCUT2D eigenvalue weighted by molar-refractivity contribution is 7.92. The summed E-state index contributed by atoms with van der Waals surface area (Å²) in [5.74, 6) is -0.650. The van der Waals surface area contributed by atoms with Gasteiger partial charge in [0.1, 0.15) is 0 Å². The van der Waals surface area contributed by atoms with Crippen LogP contribution in [0.15, 0.2) is 52.3 Å². The maximum absolute atomic E-state index is 12.6. The number of benzene rings is 2. The monoisotopic (exact) mass is 398 g/mol. The van der Waals surface area contributed by atoms with Crippen LogP contribution in [0.5, 0.6) is 0 Å². The van der Waals surface area contributed by atoms with E-state index >= 15 is 0 Å². The van der Waals surface area contributed by atoms with Crippen molar-refractivity contribution in [1.29, 1.82) is 0 Å². The quantitative estimate of drug-likeness (QED) is 0.712. The topological polar surface area (TPSA) is 119 Å². The molecule has 0 fully saturated rings. The summed E-state index contributed by atoms with van der Waals surface area (Å²) in [6.07, 6.45) is 0. The molecule has 10 heteroatoms. The van der Waals surface area contributed by atoms with Crippen LogP contribution in [0.3, 0.4) is 0 Å². The van der Waals surface area contributed by atoms with E-state index in [9.17, 15) is 21.6 Å². The van der Waals surface area contributed by atoms with E-state index in [1.165, 1.54) is 56.6 Å². The number of rotatable bonds is 6. The molecule has 8 nitrogen and oxygen atoms in total. The first-order valence-corrected chi connectivity index (χ1v) is 10.3. The Morgan fingerprint density at radius 2 is 1.58 bits per heavy atom. The summed E-state index contributed by atoms with van der Waals surface area (Å²) in [4.78, 5) is 11.6. The van der Waals surface area contributed by atoms with Gasteiger partial charge < -0.3 is 4.74 Å². The summed E-state index contributed by atoms with van der Waals surface area (Å²) in [7, 11) is -5.11. The van der Waals surface area contributed by atoms with Crippen LogP contribution < -0.4 is 9.44 Å². The van der Waals surface area contributed by atoms with Gasteiger partial charge in [-0.2, -0.15) is 0 Å². The molecular formula is C16H18N2O6S2. The average Bonchev–Trinajstić information content (AvgIpc) is 2.61. The molecular weight excluding hydrogens is 380 g/mol. The molecule has 140 valence electrons. The van der Waals surface area contributed by atoms with Gasteiger partial charge in [0.25, 0.3) is 10.0 Å². The minimum Gasteiger partial charge on any atom is -0.465 e. The first-order valence-electron chi connectivity index (χ1n) is 7.36. The number of carbonyl (C=O) groups is 1. The van der Waals surface area contributed by atoms with Crippen molar-refractivity contribution in [2.24, 2.45) is 0 Å². The summed E-state index contributed by atoms with van der Waals surface area (Å²) >= 11 is 0. The van der Waals surface area contributed by atoms with Crippen LogP contribution in [-0.4, -0.2) is 37.0 Å². The number of ether oxygens (including phenoxy) is 1. The SMILES string of the molecule is CNS(=O)(=O)c1ccc(NS(=O)(=O)c2cc(C(=O)OC)ccc2C)cc1. The molecule has 2 aromatic rings. The molecule has 26 heavy (non-hydrogen) atoms. The Bertz CT molecular complexity index is 1030. The molecule has 0 aliphatic carbocycles. The highest BCUT2D eigenvalue weighted by Crippen LogP contribution is 2.22. The fraction of sp³-hybridized carbons (Fsp3) is 0.188. The fourth-order valence-corrected chi connectivity index (χ4v) is 4.23. The molecule has 0 saturated heterocycles. The van der Waals surface area contributed by atoms with E-state index in [2.05, 4.69) is 14.2 Å². The Morgan fingerprint density at radius 1 is 0.962 bits per heavy atom. The third-order valence-corrected chi connectivity index (χ3v) is 6.54. The summed E-state index contributed by atoms with van der Waals surface area (Å²) in [6.45, 7) is 1.60. The maximum Gasteiger partial charge on any atom is 0.337 e. The molecule has 0 amide bonds. The van der Waals surface area contributed by atoms with Crippen LogP contribution in [0, 0.1) is 6.92 Å². The Hall–Kier alpha value is -2.43. The van der Waals surface area contributed by atoms with Gasteiger partial charge in [-0.3, -0.25) is 4.72 Å². The molecule has 0 spiro atoms. The molecule has 0 atom stereocenters. The highest BCUT2D eigenvalue weighted by Gasteiger charge is 2.20. The zero-order valence-electron chi connectivity index (χ0n) is 14.3. The van der Waals surface area contributed by atoms with E-state index in [0.717, 1.165) is 0 Å². The summed E-state index contributed by atoms with van der Waals surface area (Å²) < 4.78 is 57.8. The minimum atomic E-state index is -3.98. The predicted octanol–water partition coefficient (Wildman–Crippen LogP) is 1.49. The second-order valence-corrected chi connectivity index (χ2v) is 8.85. The number of hydrogen-bond donors (Lipinski definition) is 2. The predicted molar refractivity (Wildman–Crippen MR) is 96.0 cm³/mol. The molecule has 0 aromatic heterocycles. The first-order chi connectivity index (χ1) is 12.1. The number of methoxy groups -OCH3 is 1. The van der Waals surface area contributed by atoms with Crippen molar-refractivity contribution in [2.45, 2.75) is 16.7 Å². The molecule has 0 saturated carbocycles. The van der Waals surface area contributed by atoms with Crippen molar-refractivity contribution >= 4 is 31.7 Å². The summed E-state index contributed by atoms with van der Waals surface area (Å²) in [5, 5.41) is 0. The molecule has 0 bridgehead atoms. The highest BCUT2D eigenvalue weighted by atomic mass is 32.2. The van der Waals surface area contributed by atoms with Gasteiger partial charge in [-0.15, -0.1) is 0 Å². The number of nitrogens with one attached hydrogen (secondary N) is 2. The summed E-state index contributed by atoms with van der Waals surface area (Å²) in [5.41, 5.74) is 0.733. The van der Waals surface area contributed by atoms with Crippen molar-refractivity contribution in [2.75, 3.05) is 18.9 Å². The number of aryl methyl sites for hydroxylation is 1. The third kappa shape index (κ3) is 4.21. The van der Waals surface area contributed by atoms with Crippen molar-refractivity contribution < 1.29 is 26.4 Å². The van der Waals surface area contributed by atoms with Gasteiger partial charge in [0.2, 0.25) is 10.0 Å². The molecule has 2 rings (SSSR count). The van der Waals surface area contributed by atoms with Crippen molar-refractivity contribution in [3.05, 3.63) is 53.6 Å². The maximum atomic E-state index is 12.6. The molecule has 0 aliphatic heterocycles. The fourth-order valence-electron chi connectivity index (χ4n) is 2.16. The van der Waals surface area contributed by atoms with Crippen molar-refractivity contribution in [1.82, 2.24) is 4.72 Å². The Morgan fingerprint density at radius 3 is 2.12 bits per heavy atom. The van der Waals surface area contributed by atoms with Crippen LogP contribution in [-0.2, 0) is 24.8 Å². The lowest BCUT2D eigenvalue weighted by Gasteiger charge is -2.12. The molecule has 0 unspecified atom stereocenters. The lowest BCUT2D eigenvalue weighted by atomic mass is 10.1. The second-order valence-electron chi connectivity index (χ2n) is 5.31. The lowest BCUT2D eigenvalue weighted by Crippen LogP contribution is -2.19. The van der Waals surface area contributed by atoms with Crippen LogP contribution in [0.2, 0.25) is 0 Å². The minimum absolute atomic E-state index is 0.00631. The van der Waals surface area contributed by atoms with E-state index in [1.807, 2.05) is 0 Å². The number of carbonyl (C=O) groups excluding carboxylic acids is 1. The first kappa shape index (κ1) is 19.9. The molecule has 0 radical (unpaired) electrons. The van der Waals surface area contributed by atoms with E-state index in [0.29, 0.717) is 5.56 Å². The number of sulfonamides is 2. The third-order valence-electron chi connectivity index (χ3n) is 3.58. The largest absolute Gasteiger partial charge is 0.465 e. The van der Waals surface area contributed by atoms with Gasteiger partial charge in [0, 0.05) is 5.69 Å². The van der Waals surface area contributed by atoms with E-state index in [4.69, 9.17) is 0 Å². The normalized spacial score (nSPS) is 11.8. The number of anilines is 1. The standard InChI is InChI=1S/C16H18N2O6S2/c1-11-4-5-12(16(19)24-3)10-15(11)26(22,23)18-13-6-8-14(9-7-13)25(20,21)17-2/h4-10,17-18H,1-3H3. The molecule has 2 N–H and O–H groups in total. The van der Waals surface area contributed by atoms with E-state index in [1.54, 1.807) is 6.92 Å². The van der Waals surface area contributed by atoms with Crippen LogP contribution in [0.4, 0.5) is 5.69 Å². The Balaban J connectivity index is 2.36. The number of esters is 1. The van der Waals surface area contributed by atoms with Crippen LogP contribution in [0.25, 0.3) is 0 Å². The smallest absolute Gasteiger partial charge is 0.337 e. The number of hydrogen-bond acceptors (Lipinski definition) is 6. The Labute approximate surface area is 152 Å². The van der Waals surface area contributed by atoms with Crippen molar-refractivity contribution in [3.63, 3.8) is 0 Å². The molecule has 2 aromatic carbocycles. The van der Waals surface area contributed by atoms with Gasteiger partial charge in [-0.1, -0.05) is 6.07 Å². The average molecular weight is 398 g/mol.